The molecule has 0 bridgehead atoms. The first-order valence-corrected chi connectivity index (χ1v) is 7.81. The van der Waals surface area contributed by atoms with E-state index in [9.17, 15) is 8.42 Å². The molecule has 0 rings (SSSR count). The zero-order valence-corrected chi connectivity index (χ0v) is 11.6. The quantitative estimate of drug-likeness (QED) is 0.485. The van der Waals surface area contributed by atoms with Gasteiger partial charge in [-0.05, 0) is 18.8 Å². The molecule has 0 saturated carbocycles. The summed E-state index contributed by atoms with van der Waals surface area (Å²) >= 11 is 5.56. The molecule has 98 valence electrons. The monoisotopic (exact) mass is 271 g/mol. The third kappa shape index (κ3) is 9.39. The highest BCUT2D eigenvalue weighted by atomic mass is 35.5. The van der Waals surface area contributed by atoms with Crippen LogP contribution >= 0.6 is 11.6 Å². The summed E-state index contributed by atoms with van der Waals surface area (Å²) in [7, 11) is -3.18. The van der Waals surface area contributed by atoms with Gasteiger partial charge < -0.3 is 4.74 Å². The highest BCUT2D eigenvalue weighted by Gasteiger charge is 2.13. The van der Waals surface area contributed by atoms with Crippen molar-refractivity contribution >= 4 is 21.6 Å². The van der Waals surface area contributed by atoms with Crippen molar-refractivity contribution in [2.75, 3.05) is 31.4 Å². The third-order valence-corrected chi connectivity index (χ3v) is 4.08. The number of alkyl halides is 1. The molecular formula is C10H22ClNO3S. The predicted octanol–water partition coefficient (Wildman–Crippen LogP) is 1.60. The van der Waals surface area contributed by atoms with Crippen molar-refractivity contribution in [3.63, 3.8) is 0 Å². The molecule has 0 fully saturated rings. The topological polar surface area (TPSA) is 55.4 Å². The van der Waals surface area contributed by atoms with Crippen LogP contribution in [0.5, 0.6) is 0 Å². The summed E-state index contributed by atoms with van der Waals surface area (Å²) in [6.07, 6.45) is 1.69. The van der Waals surface area contributed by atoms with E-state index < -0.39 is 10.0 Å². The first-order valence-electron chi connectivity index (χ1n) is 5.63. The Morgan fingerprint density at radius 1 is 1.38 bits per heavy atom. The second kappa shape index (κ2) is 9.22. The molecule has 16 heavy (non-hydrogen) atoms. The maximum Gasteiger partial charge on any atom is 0.211 e. The van der Waals surface area contributed by atoms with Crippen molar-refractivity contribution in [2.45, 2.75) is 26.7 Å². The Morgan fingerprint density at radius 2 is 2.06 bits per heavy atom. The van der Waals surface area contributed by atoms with E-state index in [1.807, 2.05) is 13.8 Å². The van der Waals surface area contributed by atoms with Crippen molar-refractivity contribution in [1.82, 2.24) is 4.72 Å². The lowest BCUT2D eigenvalue weighted by Gasteiger charge is -2.10. The molecule has 0 aliphatic heterocycles. The molecule has 0 heterocycles. The average molecular weight is 272 g/mol. The van der Waals surface area contributed by atoms with E-state index in [0.29, 0.717) is 25.5 Å². The number of nitrogens with one attached hydrogen (secondary N) is 1. The van der Waals surface area contributed by atoms with Crippen molar-refractivity contribution in [1.29, 1.82) is 0 Å². The van der Waals surface area contributed by atoms with Crippen LogP contribution < -0.4 is 4.72 Å². The fourth-order valence-corrected chi connectivity index (χ4v) is 2.81. The van der Waals surface area contributed by atoms with Crippen LogP contribution in [-0.2, 0) is 14.8 Å². The van der Waals surface area contributed by atoms with Crippen LogP contribution in [0, 0.1) is 5.92 Å². The number of ether oxygens (including phenoxy) is 1. The highest BCUT2D eigenvalue weighted by Crippen LogP contribution is 2.01. The van der Waals surface area contributed by atoms with Crippen LogP contribution in [0.25, 0.3) is 0 Å². The molecule has 0 saturated heterocycles. The third-order valence-electron chi connectivity index (χ3n) is 1.90. The van der Waals surface area contributed by atoms with E-state index in [4.69, 9.17) is 16.3 Å². The van der Waals surface area contributed by atoms with E-state index in [1.165, 1.54) is 0 Å². The van der Waals surface area contributed by atoms with Crippen LogP contribution in [-0.4, -0.2) is 39.8 Å². The molecule has 0 aromatic heterocycles. The summed E-state index contributed by atoms with van der Waals surface area (Å²) in [5.74, 6) is 0.433. The Bertz CT molecular complexity index is 257. The van der Waals surface area contributed by atoms with Gasteiger partial charge in [-0.15, -0.1) is 11.6 Å². The summed E-state index contributed by atoms with van der Waals surface area (Å²) in [5, 5.41) is 0. The molecule has 0 aromatic rings. The minimum Gasteiger partial charge on any atom is -0.381 e. The van der Waals surface area contributed by atoms with Crippen molar-refractivity contribution < 1.29 is 13.2 Å². The molecule has 1 N–H and O–H groups in total. The van der Waals surface area contributed by atoms with Crippen molar-refractivity contribution in [3.8, 4) is 0 Å². The van der Waals surface area contributed by atoms with Gasteiger partial charge in [0.15, 0.2) is 0 Å². The number of hydrogen-bond acceptors (Lipinski definition) is 3. The fraction of sp³-hybridized carbons (Fsp3) is 1.00. The van der Waals surface area contributed by atoms with Crippen LogP contribution in [0.1, 0.15) is 26.7 Å². The van der Waals surface area contributed by atoms with Gasteiger partial charge in [-0.25, -0.2) is 13.1 Å². The SMILES string of the molecule is CCCOCCCNS(=O)(=O)CC(C)CCl. The zero-order valence-electron chi connectivity index (χ0n) is 10.0. The van der Waals surface area contributed by atoms with Gasteiger partial charge in [-0.1, -0.05) is 13.8 Å². The van der Waals surface area contributed by atoms with Gasteiger partial charge in [0.2, 0.25) is 10.0 Å². The molecule has 0 aromatic carbocycles. The largest absolute Gasteiger partial charge is 0.381 e. The van der Waals surface area contributed by atoms with Gasteiger partial charge in [-0.3, -0.25) is 0 Å². The van der Waals surface area contributed by atoms with Gasteiger partial charge in [-0.2, -0.15) is 0 Å². The minimum absolute atomic E-state index is 0.0180. The van der Waals surface area contributed by atoms with Crippen molar-refractivity contribution in [3.05, 3.63) is 0 Å². The number of hydrogen-bond donors (Lipinski definition) is 1. The van der Waals surface area contributed by atoms with Gasteiger partial charge in [0.25, 0.3) is 0 Å². The van der Waals surface area contributed by atoms with Gasteiger partial charge >= 0.3 is 0 Å². The minimum atomic E-state index is -3.18. The van der Waals surface area contributed by atoms with E-state index in [2.05, 4.69) is 4.72 Å². The molecule has 6 heteroatoms. The molecule has 0 spiro atoms. The second-order valence-corrected chi connectivity index (χ2v) is 6.06. The van der Waals surface area contributed by atoms with E-state index in [0.717, 1.165) is 13.0 Å². The van der Waals surface area contributed by atoms with E-state index >= 15 is 0 Å². The maximum absolute atomic E-state index is 11.5. The van der Waals surface area contributed by atoms with Gasteiger partial charge in [0.1, 0.15) is 0 Å². The lowest BCUT2D eigenvalue weighted by molar-refractivity contribution is 0.133. The summed E-state index contributed by atoms with van der Waals surface area (Å²) in [5.41, 5.74) is 0. The van der Waals surface area contributed by atoms with E-state index in [-0.39, 0.29) is 11.7 Å². The Hall–Kier alpha value is 0.160. The second-order valence-electron chi connectivity index (χ2n) is 3.90. The zero-order chi connectivity index (χ0) is 12.4. The highest BCUT2D eigenvalue weighted by molar-refractivity contribution is 7.89. The Labute approximate surface area is 104 Å². The normalized spacial score (nSPS) is 13.9. The lowest BCUT2D eigenvalue weighted by Crippen LogP contribution is -2.30. The Balaban J connectivity index is 3.59. The van der Waals surface area contributed by atoms with Crippen LogP contribution in [0.4, 0.5) is 0 Å². The molecular weight excluding hydrogens is 250 g/mol. The van der Waals surface area contributed by atoms with Crippen molar-refractivity contribution in [2.24, 2.45) is 5.92 Å². The standard InChI is InChI=1S/C10H22ClNO3S/c1-3-6-15-7-4-5-12-16(13,14)9-10(2)8-11/h10,12H,3-9H2,1-2H3. The fourth-order valence-electron chi connectivity index (χ4n) is 1.13. The molecule has 1 atom stereocenters. The number of rotatable bonds is 10. The number of halogens is 1. The maximum atomic E-state index is 11.5. The molecule has 0 amide bonds. The summed E-state index contributed by atoms with van der Waals surface area (Å²) in [6, 6.07) is 0. The Morgan fingerprint density at radius 3 is 2.62 bits per heavy atom. The summed E-state index contributed by atoms with van der Waals surface area (Å²) in [6.45, 7) is 5.62. The lowest BCUT2D eigenvalue weighted by atomic mass is 10.3. The molecule has 0 radical (unpaired) electrons. The predicted molar refractivity (Wildman–Crippen MR) is 67.4 cm³/mol. The molecule has 4 nitrogen and oxygen atoms in total. The first-order chi connectivity index (χ1) is 7.52. The first kappa shape index (κ1) is 16.2. The van der Waals surface area contributed by atoms with Gasteiger partial charge in [0.05, 0.1) is 5.75 Å². The van der Waals surface area contributed by atoms with Crippen LogP contribution in [0.15, 0.2) is 0 Å². The molecule has 0 aliphatic rings. The van der Waals surface area contributed by atoms with Crippen LogP contribution in [0.3, 0.4) is 0 Å². The van der Waals surface area contributed by atoms with E-state index in [1.54, 1.807) is 0 Å². The molecule has 0 aliphatic carbocycles. The van der Waals surface area contributed by atoms with Gasteiger partial charge in [0, 0.05) is 25.6 Å². The Kier molecular flexibility index (Phi) is 9.31. The molecule has 1 unspecified atom stereocenters. The van der Waals surface area contributed by atoms with Crippen LogP contribution in [0.2, 0.25) is 0 Å². The summed E-state index contributed by atoms with van der Waals surface area (Å²) in [4.78, 5) is 0. The smallest absolute Gasteiger partial charge is 0.211 e. The summed E-state index contributed by atoms with van der Waals surface area (Å²) < 4.78 is 30.7. The average Bonchev–Trinajstić information content (AvgIpc) is 2.22. The number of sulfonamides is 1.